The van der Waals surface area contributed by atoms with E-state index in [-0.39, 0.29) is 17.7 Å². The number of esters is 1. The van der Waals surface area contributed by atoms with Crippen LogP contribution in [0.4, 0.5) is 0 Å². The topological polar surface area (TPSA) is 81.2 Å². The molecular formula is C23H27N3O3. The summed E-state index contributed by atoms with van der Waals surface area (Å²) in [7, 11) is 1.36. The van der Waals surface area contributed by atoms with E-state index in [4.69, 9.17) is 4.74 Å². The number of ether oxygens (including phenoxy) is 1. The molecule has 4 bridgehead atoms. The van der Waals surface area contributed by atoms with Gasteiger partial charge >= 0.3 is 5.97 Å². The van der Waals surface area contributed by atoms with Gasteiger partial charge in [0.25, 0.3) is 0 Å². The normalized spacial score (nSPS) is 30.9. The minimum atomic E-state index is -0.740. The molecule has 2 aromatic rings. The first kappa shape index (κ1) is 18.5. The van der Waals surface area contributed by atoms with E-state index in [2.05, 4.69) is 15.3 Å². The Balaban J connectivity index is 1.35. The summed E-state index contributed by atoms with van der Waals surface area (Å²) in [6.07, 6.45) is 8.69. The first-order chi connectivity index (χ1) is 14.0. The van der Waals surface area contributed by atoms with Crippen LogP contribution in [0.3, 0.4) is 0 Å². The molecule has 4 fully saturated rings. The van der Waals surface area contributed by atoms with Gasteiger partial charge in [0.1, 0.15) is 6.04 Å². The first-order valence-electron chi connectivity index (χ1n) is 10.6. The van der Waals surface area contributed by atoms with Gasteiger partial charge in [-0.05, 0) is 68.4 Å². The highest BCUT2D eigenvalue weighted by molar-refractivity contribution is 5.88. The predicted molar refractivity (Wildman–Crippen MR) is 108 cm³/mol. The van der Waals surface area contributed by atoms with Gasteiger partial charge < -0.3 is 10.1 Å². The van der Waals surface area contributed by atoms with E-state index in [0.717, 1.165) is 30.3 Å². The van der Waals surface area contributed by atoms with E-state index in [1.807, 2.05) is 24.3 Å². The van der Waals surface area contributed by atoms with Crippen LogP contribution >= 0.6 is 0 Å². The van der Waals surface area contributed by atoms with Crippen molar-refractivity contribution in [3.63, 3.8) is 0 Å². The highest BCUT2D eigenvalue weighted by atomic mass is 16.5. The van der Waals surface area contributed by atoms with Crippen LogP contribution in [0.5, 0.6) is 0 Å². The summed E-state index contributed by atoms with van der Waals surface area (Å²) in [6.45, 7) is 0. The number of aromatic nitrogens is 2. The summed E-state index contributed by atoms with van der Waals surface area (Å²) in [5.41, 5.74) is 1.96. The average molecular weight is 393 g/mol. The molecule has 4 aliphatic carbocycles. The number of amides is 1. The molecule has 29 heavy (non-hydrogen) atoms. The number of nitrogens with one attached hydrogen (secondary N) is 1. The summed E-state index contributed by atoms with van der Waals surface area (Å²) in [6, 6.07) is 6.88. The van der Waals surface area contributed by atoms with Gasteiger partial charge in [0, 0.05) is 18.0 Å². The van der Waals surface area contributed by atoms with Crippen molar-refractivity contribution in [1.29, 1.82) is 0 Å². The largest absolute Gasteiger partial charge is 0.467 e. The van der Waals surface area contributed by atoms with Crippen molar-refractivity contribution < 1.29 is 14.3 Å². The van der Waals surface area contributed by atoms with Crippen LogP contribution in [0.1, 0.15) is 44.2 Å². The molecule has 1 aromatic heterocycles. The second kappa shape index (κ2) is 7.08. The third kappa shape index (κ3) is 3.38. The molecule has 0 spiro atoms. The molecule has 1 heterocycles. The lowest BCUT2D eigenvalue weighted by Gasteiger charge is -2.55. The number of carbonyl (C=O) groups is 2. The van der Waals surface area contributed by atoms with E-state index in [1.165, 1.54) is 26.4 Å². The van der Waals surface area contributed by atoms with Crippen LogP contribution in [0.2, 0.25) is 0 Å². The van der Waals surface area contributed by atoms with Crippen LogP contribution in [-0.2, 0) is 20.7 Å². The fraction of sp³-hybridized carbons (Fsp3) is 0.565. The molecule has 4 saturated carbocycles. The van der Waals surface area contributed by atoms with E-state index in [1.54, 1.807) is 6.20 Å². The minimum absolute atomic E-state index is 0.0285. The molecule has 1 atom stereocenters. The summed E-state index contributed by atoms with van der Waals surface area (Å²) in [4.78, 5) is 34.9. The van der Waals surface area contributed by atoms with Gasteiger partial charge in [0.2, 0.25) is 5.91 Å². The molecule has 6 heteroatoms. The molecule has 4 aliphatic rings. The molecule has 1 amide bonds. The predicted octanol–water partition coefficient (Wildman–Crippen LogP) is 3.05. The number of carbonyl (C=O) groups excluding carboxylic acids is 2. The highest BCUT2D eigenvalue weighted by Gasteiger charge is 2.55. The van der Waals surface area contributed by atoms with Gasteiger partial charge in [-0.3, -0.25) is 9.78 Å². The number of hydrogen-bond donors (Lipinski definition) is 1. The molecule has 1 N–H and O–H groups in total. The fourth-order valence-corrected chi connectivity index (χ4v) is 6.34. The van der Waals surface area contributed by atoms with Crippen molar-refractivity contribution in [2.75, 3.05) is 7.11 Å². The van der Waals surface area contributed by atoms with Gasteiger partial charge in [-0.15, -0.1) is 0 Å². The monoisotopic (exact) mass is 393 g/mol. The molecule has 0 unspecified atom stereocenters. The lowest BCUT2D eigenvalue weighted by Crippen LogP contribution is -2.56. The van der Waals surface area contributed by atoms with Crippen LogP contribution in [0.15, 0.2) is 30.5 Å². The Morgan fingerprint density at radius 3 is 2.34 bits per heavy atom. The van der Waals surface area contributed by atoms with Crippen molar-refractivity contribution in [1.82, 2.24) is 15.3 Å². The van der Waals surface area contributed by atoms with Crippen LogP contribution in [0, 0.1) is 23.2 Å². The van der Waals surface area contributed by atoms with Gasteiger partial charge in [0.05, 0.1) is 23.8 Å². The second-order valence-corrected chi connectivity index (χ2v) is 9.30. The minimum Gasteiger partial charge on any atom is -0.467 e. The molecule has 152 valence electrons. The Morgan fingerprint density at radius 1 is 1.10 bits per heavy atom. The fourth-order valence-electron chi connectivity index (χ4n) is 6.34. The van der Waals surface area contributed by atoms with Gasteiger partial charge in [0.15, 0.2) is 0 Å². The Bertz CT molecular complexity index is 922. The number of methoxy groups -OCH3 is 1. The Kier molecular flexibility index (Phi) is 4.52. The number of fused-ring (bicyclic) bond motifs is 1. The Hall–Kier alpha value is -2.50. The van der Waals surface area contributed by atoms with Gasteiger partial charge in [-0.2, -0.15) is 0 Å². The number of para-hydroxylation sites is 2. The van der Waals surface area contributed by atoms with Crippen molar-refractivity contribution in [3.8, 4) is 0 Å². The number of rotatable bonds is 5. The quantitative estimate of drug-likeness (QED) is 0.790. The maximum Gasteiger partial charge on any atom is 0.328 e. The average Bonchev–Trinajstić information content (AvgIpc) is 2.71. The van der Waals surface area contributed by atoms with Crippen molar-refractivity contribution in [3.05, 3.63) is 36.2 Å². The Morgan fingerprint density at radius 2 is 1.72 bits per heavy atom. The SMILES string of the molecule is COC(=O)[C@H](Cc1cnc2ccccc2n1)NC(=O)C12CC3CC(CC(C3)C1)C2. The summed E-state index contributed by atoms with van der Waals surface area (Å²) in [5.74, 6) is 1.62. The maximum atomic E-state index is 13.4. The van der Waals surface area contributed by atoms with Crippen LogP contribution in [-0.4, -0.2) is 35.0 Å². The number of benzene rings is 1. The van der Waals surface area contributed by atoms with Crippen LogP contribution < -0.4 is 5.32 Å². The zero-order valence-corrected chi connectivity index (χ0v) is 16.8. The van der Waals surface area contributed by atoms with Crippen molar-refractivity contribution in [2.45, 2.75) is 51.0 Å². The van der Waals surface area contributed by atoms with Gasteiger partial charge in [-0.25, -0.2) is 9.78 Å². The van der Waals surface area contributed by atoms with Gasteiger partial charge in [-0.1, -0.05) is 12.1 Å². The lowest BCUT2D eigenvalue weighted by atomic mass is 9.49. The maximum absolute atomic E-state index is 13.4. The summed E-state index contributed by atoms with van der Waals surface area (Å²) in [5, 5.41) is 3.04. The first-order valence-corrected chi connectivity index (χ1v) is 10.6. The molecule has 0 saturated heterocycles. The van der Waals surface area contributed by atoms with E-state index >= 15 is 0 Å². The third-order valence-corrected chi connectivity index (χ3v) is 7.22. The Labute approximate surface area is 170 Å². The third-order valence-electron chi connectivity index (χ3n) is 7.22. The molecule has 6 nitrogen and oxygen atoms in total. The molecule has 6 rings (SSSR count). The summed E-state index contributed by atoms with van der Waals surface area (Å²) < 4.78 is 4.99. The smallest absolute Gasteiger partial charge is 0.328 e. The van der Waals surface area contributed by atoms with Crippen LogP contribution in [0.25, 0.3) is 11.0 Å². The van der Waals surface area contributed by atoms with E-state index in [9.17, 15) is 9.59 Å². The molecule has 1 aromatic carbocycles. The zero-order valence-electron chi connectivity index (χ0n) is 16.8. The molecule has 0 aliphatic heterocycles. The molecule has 0 radical (unpaired) electrons. The van der Waals surface area contributed by atoms with E-state index in [0.29, 0.717) is 23.4 Å². The molecular weight excluding hydrogens is 366 g/mol. The van der Waals surface area contributed by atoms with Crippen molar-refractivity contribution in [2.24, 2.45) is 23.2 Å². The lowest BCUT2D eigenvalue weighted by molar-refractivity contribution is -0.152. The number of hydrogen-bond acceptors (Lipinski definition) is 5. The summed E-state index contributed by atoms with van der Waals surface area (Å²) >= 11 is 0. The number of nitrogens with zero attached hydrogens (tertiary/aromatic N) is 2. The highest BCUT2D eigenvalue weighted by Crippen LogP contribution is 2.60. The van der Waals surface area contributed by atoms with Crippen molar-refractivity contribution >= 4 is 22.9 Å². The standard InChI is InChI=1S/C23H27N3O3/c1-29-21(27)20(9-17-13-24-18-4-2-3-5-19(18)25-17)26-22(28)23-10-14-6-15(11-23)8-16(7-14)12-23/h2-5,13-16,20H,6-12H2,1H3,(H,26,28)/t14?,15?,16?,20-,23?/m0/s1. The van der Waals surface area contributed by atoms with E-state index < -0.39 is 12.0 Å². The zero-order chi connectivity index (χ0) is 20.0. The second-order valence-electron chi connectivity index (χ2n) is 9.30.